The third kappa shape index (κ3) is 4.32. The molecule has 6 nitrogen and oxygen atoms in total. The highest BCUT2D eigenvalue weighted by atomic mass is 16.3. The van der Waals surface area contributed by atoms with Gasteiger partial charge in [0.05, 0.1) is 24.0 Å². The van der Waals surface area contributed by atoms with Gasteiger partial charge in [0.1, 0.15) is 6.26 Å². The topological polar surface area (TPSA) is 91.6 Å². The lowest BCUT2D eigenvalue weighted by molar-refractivity contribution is -0.124. The SMILES string of the molecule is O=C(CCNC(=O)c1ccoc1)NC1(CO)CCCCC1. The molecule has 1 aromatic rings. The Labute approximate surface area is 123 Å². The van der Waals surface area contributed by atoms with Crippen molar-refractivity contribution in [3.63, 3.8) is 0 Å². The molecule has 0 aliphatic heterocycles. The molecule has 0 radical (unpaired) electrons. The summed E-state index contributed by atoms with van der Waals surface area (Å²) in [6.07, 6.45) is 7.82. The number of carbonyl (C=O) groups excluding carboxylic acids is 2. The molecule has 0 atom stereocenters. The zero-order chi connectivity index (χ0) is 15.1. The van der Waals surface area contributed by atoms with E-state index in [4.69, 9.17) is 4.42 Å². The number of hydrogen-bond donors (Lipinski definition) is 3. The Morgan fingerprint density at radius 2 is 2.05 bits per heavy atom. The van der Waals surface area contributed by atoms with Crippen LogP contribution in [0.3, 0.4) is 0 Å². The predicted octanol–water partition coefficient (Wildman–Crippen LogP) is 1.21. The van der Waals surface area contributed by atoms with Crippen molar-refractivity contribution in [2.45, 2.75) is 44.1 Å². The van der Waals surface area contributed by atoms with Gasteiger partial charge in [-0.3, -0.25) is 9.59 Å². The zero-order valence-corrected chi connectivity index (χ0v) is 12.1. The average molecular weight is 294 g/mol. The summed E-state index contributed by atoms with van der Waals surface area (Å²) >= 11 is 0. The molecule has 2 rings (SSSR count). The van der Waals surface area contributed by atoms with Gasteiger partial charge in [-0.2, -0.15) is 0 Å². The Kier molecular flexibility index (Phi) is 5.38. The first-order valence-electron chi connectivity index (χ1n) is 7.37. The largest absolute Gasteiger partial charge is 0.472 e. The molecule has 2 amide bonds. The standard InChI is InChI=1S/C15H22N2O4/c18-11-15(6-2-1-3-7-15)17-13(19)4-8-16-14(20)12-5-9-21-10-12/h5,9-10,18H,1-4,6-8,11H2,(H,16,20)(H,17,19). The normalized spacial score (nSPS) is 17.2. The number of nitrogens with one attached hydrogen (secondary N) is 2. The second-order valence-corrected chi connectivity index (χ2v) is 5.57. The summed E-state index contributed by atoms with van der Waals surface area (Å²) in [4.78, 5) is 23.6. The van der Waals surface area contributed by atoms with Crippen molar-refractivity contribution in [2.75, 3.05) is 13.2 Å². The van der Waals surface area contributed by atoms with Gasteiger partial charge in [-0.1, -0.05) is 19.3 Å². The van der Waals surface area contributed by atoms with Gasteiger partial charge in [0.15, 0.2) is 0 Å². The van der Waals surface area contributed by atoms with E-state index >= 15 is 0 Å². The van der Waals surface area contributed by atoms with Gasteiger partial charge in [-0.15, -0.1) is 0 Å². The summed E-state index contributed by atoms with van der Waals surface area (Å²) in [5, 5.41) is 15.1. The van der Waals surface area contributed by atoms with Gasteiger partial charge in [0, 0.05) is 13.0 Å². The molecule has 116 valence electrons. The Morgan fingerprint density at radius 1 is 1.29 bits per heavy atom. The van der Waals surface area contributed by atoms with Crippen molar-refractivity contribution in [1.82, 2.24) is 10.6 Å². The van der Waals surface area contributed by atoms with E-state index in [-0.39, 0.29) is 31.4 Å². The van der Waals surface area contributed by atoms with Crippen LogP contribution < -0.4 is 10.6 Å². The number of amides is 2. The molecule has 1 aliphatic rings. The van der Waals surface area contributed by atoms with Crippen LogP contribution in [0.2, 0.25) is 0 Å². The summed E-state index contributed by atoms with van der Waals surface area (Å²) in [5.74, 6) is -0.399. The maximum atomic E-state index is 12.0. The number of aliphatic hydroxyl groups is 1. The summed E-state index contributed by atoms with van der Waals surface area (Å²) in [5.41, 5.74) is -0.0290. The van der Waals surface area contributed by atoms with Crippen LogP contribution in [0.5, 0.6) is 0 Å². The lowest BCUT2D eigenvalue weighted by atomic mass is 9.82. The number of rotatable bonds is 6. The maximum Gasteiger partial charge on any atom is 0.254 e. The number of carbonyl (C=O) groups is 2. The molecular formula is C15H22N2O4. The Balaban J connectivity index is 1.73. The highest BCUT2D eigenvalue weighted by Crippen LogP contribution is 2.27. The minimum Gasteiger partial charge on any atom is -0.472 e. The van der Waals surface area contributed by atoms with Crippen LogP contribution in [0.1, 0.15) is 48.9 Å². The molecular weight excluding hydrogens is 272 g/mol. The van der Waals surface area contributed by atoms with E-state index in [1.54, 1.807) is 6.07 Å². The van der Waals surface area contributed by atoms with Crippen molar-refractivity contribution in [3.8, 4) is 0 Å². The summed E-state index contributed by atoms with van der Waals surface area (Å²) < 4.78 is 4.82. The van der Waals surface area contributed by atoms with Crippen LogP contribution >= 0.6 is 0 Å². The summed E-state index contributed by atoms with van der Waals surface area (Å²) in [7, 11) is 0. The van der Waals surface area contributed by atoms with Crippen molar-refractivity contribution in [2.24, 2.45) is 0 Å². The molecule has 3 N–H and O–H groups in total. The molecule has 0 bridgehead atoms. The summed E-state index contributed by atoms with van der Waals surface area (Å²) in [6, 6.07) is 1.57. The third-order valence-electron chi connectivity index (χ3n) is 3.94. The number of aliphatic hydroxyl groups excluding tert-OH is 1. The van der Waals surface area contributed by atoms with Gasteiger partial charge in [-0.05, 0) is 18.9 Å². The predicted molar refractivity (Wildman–Crippen MR) is 76.7 cm³/mol. The fraction of sp³-hybridized carbons (Fsp3) is 0.600. The zero-order valence-electron chi connectivity index (χ0n) is 12.1. The molecule has 6 heteroatoms. The molecule has 1 aromatic heterocycles. The number of hydrogen-bond acceptors (Lipinski definition) is 4. The Hall–Kier alpha value is -1.82. The van der Waals surface area contributed by atoms with E-state index in [1.807, 2.05) is 0 Å². The van der Waals surface area contributed by atoms with Crippen molar-refractivity contribution >= 4 is 11.8 Å². The molecule has 1 aliphatic carbocycles. The number of furan rings is 1. The lowest BCUT2D eigenvalue weighted by Gasteiger charge is -2.36. The first-order chi connectivity index (χ1) is 10.2. The Bertz CT molecular complexity index is 464. The van der Waals surface area contributed by atoms with Gasteiger partial charge < -0.3 is 20.2 Å². The highest BCUT2D eigenvalue weighted by Gasteiger charge is 2.32. The molecule has 0 spiro atoms. The summed E-state index contributed by atoms with van der Waals surface area (Å²) in [6.45, 7) is 0.234. The first kappa shape index (κ1) is 15.6. The first-order valence-corrected chi connectivity index (χ1v) is 7.37. The van der Waals surface area contributed by atoms with Gasteiger partial charge in [0.2, 0.25) is 5.91 Å². The molecule has 0 unspecified atom stereocenters. The van der Waals surface area contributed by atoms with E-state index in [9.17, 15) is 14.7 Å². The lowest BCUT2D eigenvalue weighted by Crippen LogP contribution is -2.52. The molecule has 1 saturated carbocycles. The molecule has 1 fully saturated rings. The second-order valence-electron chi connectivity index (χ2n) is 5.57. The second kappa shape index (κ2) is 7.26. The van der Waals surface area contributed by atoms with E-state index in [2.05, 4.69) is 10.6 Å². The van der Waals surface area contributed by atoms with Gasteiger partial charge in [-0.25, -0.2) is 0 Å². The quantitative estimate of drug-likeness (QED) is 0.735. The van der Waals surface area contributed by atoms with E-state index in [1.165, 1.54) is 12.5 Å². The van der Waals surface area contributed by atoms with E-state index in [0.29, 0.717) is 5.56 Å². The minimum atomic E-state index is -0.468. The van der Waals surface area contributed by atoms with Crippen LogP contribution in [0.4, 0.5) is 0 Å². The van der Waals surface area contributed by atoms with Crippen LogP contribution in [-0.2, 0) is 4.79 Å². The van der Waals surface area contributed by atoms with Crippen LogP contribution in [-0.4, -0.2) is 35.6 Å². The monoisotopic (exact) mass is 294 g/mol. The van der Waals surface area contributed by atoms with Gasteiger partial charge >= 0.3 is 0 Å². The van der Waals surface area contributed by atoms with Crippen LogP contribution in [0, 0.1) is 0 Å². The van der Waals surface area contributed by atoms with Gasteiger partial charge in [0.25, 0.3) is 5.91 Å². The minimum absolute atomic E-state index is 0.0277. The molecule has 0 saturated heterocycles. The van der Waals surface area contributed by atoms with E-state index in [0.717, 1.165) is 32.1 Å². The fourth-order valence-corrected chi connectivity index (χ4v) is 2.69. The van der Waals surface area contributed by atoms with Crippen molar-refractivity contribution in [1.29, 1.82) is 0 Å². The fourth-order valence-electron chi connectivity index (χ4n) is 2.69. The third-order valence-corrected chi connectivity index (χ3v) is 3.94. The average Bonchev–Trinajstić information content (AvgIpc) is 3.02. The molecule has 0 aromatic carbocycles. The van der Waals surface area contributed by atoms with E-state index < -0.39 is 5.54 Å². The molecule has 21 heavy (non-hydrogen) atoms. The Morgan fingerprint density at radius 3 is 2.67 bits per heavy atom. The van der Waals surface area contributed by atoms with Crippen LogP contribution in [0.15, 0.2) is 23.0 Å². The molecule has 1 heterocycles. The highest BCUT2D eigenvalue weighted by molar-refractivity contribution is 5.94. The van der Waals surface area contributed by atoms with Crippen LogP contribution in [0.25, 0.3) is 0 Å². The van der Waals surface area contributed by atoms with Crippen molar-refractivity contribution in [3.05, 3.63) is 24.2 Å². The van der Waals surface area contributed by atoms with Crippen molar-refractivity contribution < 1.29 is 19.1 Å². The maximum absolute atomic E-state index is 12.0. The smallest absolute Gasteiger partial charge is 0.254 e.